The van der Waals surface area contributed by atoms with E-state index in [9.17, 15) is 4.79 Å². The van der Waals surface area contributed by atoms with Crippen molar-refractivity contribution in [2.75, 3.05) is 0 Å². The molecule has 0 aromatic rings. The predicted molar refractivity (Wildman–Crippen MR) is 90.1 cm³/mol. The Balaban J connectivity index is -0.00000144. The van der Waals surface area contributed by atoms with Gasteiger partial charge in [-0.05, 0) is 6.42 Å². The Morgan fingerprint density at radius 1 is 0.700 bits per heavy atom. The summed E-state index contributed by atoms with van der Waals surface area (Å²) in [4.78, 5) is 10.3. The Bertz CT molecular complexity index is 187. The number of carboxylic acids is 1. The van der Waals surface area contributed by atoms with Gasteiger partial charge in [-0.25, -0.2) is 0 Å². The molecule has 0 aliphatic rings. The molecule has 20 heavy (non-hydrogen) atoms. The summed E-state index contributed by atoms with van der Waals surface area (Å²) in [6.07, 6.45) is 17.3. The predicted octanol–water partition coefficient (Wildman–Crippen LogP) is 3.81. The van der Waals surface area contributed by atoms with Crippen LogP contribution in [-0.4, -0.2) is 54.3 Å². The van der Waals surface area contributed by atoms with Gasteiger partial charge < -0.3 is 10.6 Å². The molecule has 0 heterocycles. The molecule has 0 rings (SSSR count). The Morgan fingerprint density at radius 2 is 1.00 bits per heavy atom. The summed E-state index contributed by atoms with van der Waals surface area (Å²) >= 11 is 0. The first kappa shape index (κ1) is 25.6. The van der Waals surface area contributed by atoms with Crippen LogP contribution in [0.25, 0.3) is 0 Å². The summed E-state index contributed by atoms with van der Waals surface area (Å²) in [5.74, 6) is -0.655. The molecule has 0 aromatic carbocycles. The molecule has 0 fully saturated rings. The van der Waals surface area contributed by atoms with E-state index in [0.717, 1.165) is 12.8 Å². The molecule has 0 radical (unpaired) electrons. The minimum atomic E-state index is -0.655. The van der Waals surface area contributed by atoms with E-state index in [-0.39, 0.29) is 43.2 Å². The molecule has 0 atom stereocenters. The van der Waals surface area contributed by atoms with Crippen molar-refractivity contribution in [2.45, 2.75) is 96.8 Å². The fourth-order valence-electron chi connectivity index (χ4n) is 2.29. The molecule has 0 unspecified atom stereocenters. The van der Waals surface area contributed by atoms with Crippen LogP contribution < -0.4 is 0 Å². The maximum atomic E-state index is 10.3. The van der Waals surface area contributed by atoms with Gasteiger partial charge in [-0.1, -0.05) is 84.0 Å². The Kier molecular flexibility index (Phi) is 28.2. The molecule has 0 saturated carbocycles. The van der Waals surface area contributed by atoms with Crippen LogP contribution in [0.2, 0.25) is 0 Å². The van der Waals surface area contributed by atoms with Crippen molar-refractivity contribution < 1.29 is 15.4 Å². The van der Waals surface area contributed by atoms with Crippen molar-refractivity contribution in [3.8, 4) is 0 Å². The van der Waals surface area contributed by atoms with Crippen LogP contribution in [0.4, 0.5) is 0 Å². The zero-order chi connectivity index (χ0) is 13.5. The molecule has 0 saturated heterocycles. The van der Waals surface area contributed by atoms with Gasteiger partial charge >= 0.3 is 43.7 Å². The minimum absolute atomic E-state index is 0. The SMILES string of the molecule is CCCCCCCCCCCCCCCC(=O)O.O.[CaH2]. The molecular formula is C16H36CaO3. The topological polar surface area (TPSA) is 68.8 Å². The van der Waals surface area contributed by atoms with Crippen molar-refractivity contribution in [1.29, 1.82) is 0 Å². The van der Waals surface area contributed by atoms with Gasteiger partial charge in [-0.2, -0.15) is 0 Å². The first-order chi connectivity index (χ1) is 8.77. The van der Waals surface area contributed by atoms with Crippen LogP contribution in [0.5, 0.6) is 0 Å². The van der Waals surface area contributed by atoms with Crippen LogP contribution in [0.1, 0.15) is 96.8 Å². The van der Waals surface area contributed by atoms with E-state index >= 15 is 0 Å². The molecule has 0 aliphatic heterocycles. The molecule has 0 spiro atoms. The van der Waals surface area contributed by atoms with Crippen molar-refractivity contribution in [3.63, 3.8) is 0 Å². The third-order valence-electron chi connectivity index (χ3n) is 3.49. The molecule has 0 bridgehead atoms. The summed E-state index contributed by atoms with van der Waals surface area (Å²) in [7, 11) is 0. The summed E-state index contributed by atoms with van der Waals surface area (Å²) in [6, 6.07) is 0. The van der Waals surface area contributed by atoms with Crippen LogP contribution >= 0.6 is 0 Å². The Labute approximate surface area is 155 Å². The molecular weight excluding hydrogens is 280 g/mol. The normalized spacial score (nSPS) is 9.65. The number of hydrogen-bond donors (Lipinski definition) is 1. The summed E-state index contributed by atoms with van der Waals surface area (Å²) < 4.78 is 0. The van der Waals surface area contributed by atoms with Gasteiger partial charge in [0, 0.05) is 6.42 Å². The molecule has 0 aromatic heterocycles. The second-order valence-corrected chi connectivity index (χ2v) is 5.39. The number of aliphatic carboxylic acids is 1. The van der Waals surface area contributed by atoms with E-state index in [1.807, 2.05) is 0 Å². The van der Waals surface area contributed by atoms with Gasteiger partial charge in [0.2, 0.25) is 0 Å². The number of unbranched alkanes of at least 4 members (excludes halogenated alkanes) is 12. The van der Waals surface area contributed by atoms with Crippen molar-refractivity contribution in [3.05, 3.63) is 0 Å². The van der Waals surface area contributed by atoms with Gasteiger partial charge in [0.25, 0.3) is 0 Å². The van der Waals surface area contributed by atoms with Crippen LogP contribution in [0.15, 0.2) is 0 Å². The Hall–Kier alpha value is 0.690. The third-order valence-corrected chi connectivity index (χ3v) is 3.49. The number of hydrogen-bond acceptors (Lipinski definition) is 1. The van der Waals surface area contributed by atoms with E-state index in [1.54, 1.807) is 0 Å². The van der Waals surface area contributed by atoms with Crippen molar-refractivity contribution in [1.82, 2.24) is 0 Å². The fraction of sp³-hybridized carbons (Fsp3) is 0.938. The molecule has 4 heteroatoms. The van der Waals surface area contributed by atoms with Gasteiger partial charge in [-0.3, -0.25) is 4.79 Å². The molecule has 3 nitrogen and oxygen atoms in total. The number of carboxylic acid groups (broad SMARTS) is 1. The second kappa shape index (κ2) is 22.0. The van der Waals surface area contributed by atoms with Gasteiger partial charge in [0.15, 0.2) is 0 Å². The first-order valence-electron chi connectivity index (χ1n) is 7.99. The summed E-state index contributed by atoms with van der Waals surface area (Å²) in [5, 5.41) is 8.49. The van der Waals surface area contributed by atoms with Crippen LogP contribution in [0, 0.1) is 0 Å². The molecule has 0 amide bonds. The quantitative estimate of drug-likeness (QED) is 0.391. The Morgan fingerprint density at radius 3 is 1.30 bits per heavy atom. The third kappa shape index (κ3) is 23.8. The monoisotopic (exact) mass is 316 g/mol. The number of rotatable bonds is 14. The van der Waals surface area contributed by atoms with E-state index in [1.165, 1.54) is 70.6 Å². The standard InChI is InChI=1S/C16H32O2.Ca.H2O.2H/c1-2-3-4-5-6-7-8-9-10-11-12-13-14-15-16(17)18;;;;/h2-15H2,1H3,(H,17,18);;1H2;;. The van der Waals surface area contributed by atoms with E-state index in [2.05, 4.69) is 6.92 Å². The summed E-state index contributed by atoms with van der Waals surface area (Å²) in [6.45, 7) is 2.26. The zero-order valence-corrected chi connectivity index (χ0v) is 12.8. The van der Waals surface area contributed by atoms with Crippen molar-refractivity contribution in [2.24, 2.45) is 0 Å². The summed E-state index contributed by atoms with van der Waals surface area (Å²) in [5.41, 5.74) is 0. The van der Waals surface area contributed by atoms with Crippen LogP contribution in [0.3, 0.4) is 0 Å². The fourth-order valence-corrected chi connectivity index (χ4v) is 2.29. The van der Waals surface area contributed by atoms with E-state index in [0.29, 0.717) is 6.42 Å². The molecule has 3 N–H and O–H groups in total. The molecule has 0 aliphatic carbocycles. The van der Waals surface area contributed by atoms with E-state index in [4.69, 9.17) is 5.11 Å². The van der Waals surface area contributed by atoms with Gasteiger partial charge in [0.1, 0.15) is 0 Å². The van der Waals surface area contributed by atoms with Gasteiger partial charge in [-0.15, -0.1) is 0 Å². The average molecular weight is 317 g/mol. The average Bonchev–Trinajstić information content (AvgIpc) is 2.34. The van der Waals surface area contributed by atoms with E-state index < -0.39 is 5.97 Å². The molecule has 120 valence electrons. The van der Waals surface area contributed by atoms with Crippen molar-refractivity contribution >= 4 is 43.7 Å². The number of carbonyl (C=O) groups is 1. The van der Waals surface area contributed by atoms with Gasteiger partial charge in [0.05, 0.1) is 0 Å². The van der Waals surface area contributed by atoms with Crippen LogP contribution in [-0.2, 0) is 4.79 Å². The maximum absolute atomic E-state index is 10.3. The second-order valence-electron chi connectivity index (χ2n) is 5.39. The first-order valence-corrected chi connectivity index (χ1v) is 7.99. The zero-order valence-electron chi connectivity index (χ0n) is 12.8.